The molecule has 0 fully saturated rings. The number of carboxylic acid groups (broad SMARTS) is 1. The summed E-state index contributed by atoms with van der Waals surface area (Å²) in [6, 6.07) is 19.3. The molecule has 0 aliphatic carbocycles. The van der Waals surface area contributed by atoms with Crippen molar-refractivity contribution in [3.05, 3.63) is 88.1 Å². The average molecular weight is 468 g/mol. The number of hydrogen-bond acceptors (Lipinski definition) is 3. The van der Waals surface area contributed by atoms with Crippen LogP contribution in [0.15, 0.2) is 65.6 Å². The largest absolute Gasteiger partial charge is 0.478 e. The van der Waals surface area contributed by atoms with E-state index in [1.165, 1.54) is 0 Å². The van der Waals surface area contributed by atoms with E-state index in [0.717, 1.165) is 43.7 Å². The van der Waals surface area contributed by atoms with E-state index < -0.39 is 17.3 Å². The molecule has 5 nitrogen and oxygen atoms in total. The maximum Gasteiger partial charge on any atom is 0.335 e. The highest BCUT2D eigenvalue weighted by atomic mass is 35.5. The number of nitrogens with one attached hydrogen (secondary N) is 1. The Kier molecular flexibility index (Phi) is 6.31. The van der Waals surface area contributed by atoms with Crippen LogP contribution in [0.2, 0.25) is 5.02 Å². The van der Waals surface area contributed by atoms with Gasteiger partial charge < -0.3 is 10.1 Å². The summed E-state index contributed by atoms with van der Waals surface area (Å²) in [6.45, 7) is 1.80. The molecular formula is C25H24ClN2O3S+. The third-order valence-corrected chi connectivity index (χ3v) is 7.11. The first kappa shape index (κ1) is 22.4. The van der Waals surface area contributed by atoms with Crippen LogP contribution in [-0.4, -0.2) is 39.0 Å². The Bertz CT molecular complexity index is 1300. The molecule has 3 aromatic carbocycles. The number of carboxylic acids is 1. The van der Waals surface area contributed by atoms with E-state index in [1.807, 2.05) is 56.6 Å². The Morgan fingerprint density at radius 2 is 1.78 bits per heavy atom. The third kappa shape index (κ3) is 4.54. The van der Waals surface area contributed by atoms with Gasteiger partial charge in [0.15, 0.2) is 0 Å². The molecule has 0 aliphatic rings. The van der Waals surface area contributed by atoms with Crippen LogP contribution in [0, 0.1) is 6.92 Å². The lowest BCUT2D eigenvalue weighted by atomic mass is 10.0. The number of aromatic amines is 1. The molecule has 4 aromatic rings. The Morgan fingerprint density at radius 3 is 2.44 bits per heavy atom. The zero-order chi connectivity index (χ0) is 23.0. The van der Waals surface area contributed by atoms with Crippen molar-refractivity contribution < 1.29 is 14.5 Å². The number of fused-ring (bicyclic) bond motifs is 1. The van der Waals surface area contributed by atoms with E-state index >= 15 is 0 Å². The lowest BCUT2D eigenvalue weighted by Gasteiger charge is -2.07. The van der Waals surface area contributed by atoms with Gasteiger partial charge in [-0.3, -0.25) is 0 Å². The number of aromatic nitrogens is 1. The molecule has 1 atom stereocenters. The Balaban J connectivity index is 1.64. The van der Waals surface area contributed by atoms with Crippen LogP contribution in [0.3, 0.4) is 0 Å². The molecule has 164 valence electrons. The minimum absolute atomic E-state index is 0.326. The van der Waals surface area contributed by atoms with E-state index in [4.69, 9.17) is 11.6 Å². The van der Waals surface area contributed by atoms with E-state index in [2.05, 4.69) is 17.1 Å². The third-order valence-electron chi connectivity index (χ3n) is 5.41. The minimum atomic E-state index is -0.941. The highest BCUT2D eigenvalue weighted by Gasteiger charge is 2.23. The first-order valence-electron chi connectivity index (χ1n) is 10.1. The molecular weight excluding hydrogens is 444 g/mol. The maximum atomic E-state index is 11.4. The lowest BCUT2D eigenvalue weighted by Crippen LogP contribution is -2.21. The molecule has 32 heavy (non-hydrogen) atoms. The monoisotopic (exact) mass is 467 g/mol. The van der Waals surface area contributed by atoms with Crippen molar-refractivity contribution in [2.24, 2.45) is 0 Å². The van der Waals surface area contributed by atoms with Gasteiger partial charge in [0.1, 0.15) is 0 Å². The molecule has 7 heteroatoms. The number of hydrogen-bond donors (Lipinski definition) is 3. The van der Waals surface area contributed by atoms with Crippen LogP contribution >= 0.6 is 11.6 Å². The van der Waals surface area contributed by atoms with Crippen LogP contribution in [-0.2, 0) is 17.8 Å². The topological polar surface area (TPSA) is 76.6 Å². The molecule has 1 unspecified atom stereocenters. The lowest BCUT2D eigenvalue weighted by molar-refractivity contribution is 0.0696. The first-order valence-corrected chi connectivity index (χ1v) is 11.6. The fourth-order valence-electron chi connectivity index (χ4n) is 3.73. The second-order valence-electron chi connectivity index (χ2n) is 7.95. The van der Waals surface area contributed by atoms with E-state index in [9.17, 15) is 14.5 Å². The molecule has 1 aromatic heterocycles. The van der Waals surface area contributed by atoms with Gasteiger partial charge in [0.05, 0.1) is 10.6 Å². The standard InChI is InChI=1S/C25H23ClN2O3S/c1-15-4-5-16(11-21(15)25(29)30)10-19-12-18-13-22(23(26)14-24(18)27-19)17-6-8-20(9-7-17)32(31)28(2)3/h4-9,11-14,27,31H,10H2,1-3H3/p+1. The van der Waals surface area contributed by atoms with Gasteiger partial charge >= 0.3 is 5.97 Å². The summed E-state index contributed by atoms with van der Waals surface area (Å²) in [5.74, 6) is -0.915. The summed E-state index contributed by atoms with van der Waals surface area (Å²) in [5, 5.41) is 11.0. The van der Waals surface area contributed by atoms with Crippen LogP contribution < -0.4 is 0 Å². The number of benzene rings is 3. The zero-order valence-electron chi connectivity index (χ0n) is 18.0. The van der Waals surface area contributed by atoms with Gasteiger partial charge in [0, 0.05) is 42.7 Å². The van der Waals surface area contributed by atoms with Gasteiger partial charge in [-0.05, 0) is 72.1 Å². The van der Waals surface area contributed by atoms with Crippen LogP contribution in [0.5, 0.6) is 0 Å². The predicted molar refractivity (Wildman–Crippen MR) is 132 cm³/mol. The number of aromatic carboxylic acids is 1. The molecule has 3 N–H and O–H groups in total. The Morgan fingerprint density at radius 1 is 1.06 bits per heavy atom. The highest BCUT2D eigenvalue weighted by molar-refractivity contribution is 7.89. The number of rotatable bonds is 6. The molecule has 1 heterocycles. The summed E-state index contributed by atoms with van der Waals surface area (Å²) >= 11 is 5.65. The number of aryl methyl sites for hydroxylation is 1. The zero-order valence-corrected chi connectivity index (χ0v) is 19.6. The summed E-state index contributed by atoms with van der Waals surface area (Å²) in [6.07, 6.45) is 0.597. The van der Waals surface area contributed by atoms with E-state index in [0.29, 0.717) is 17.0 Å². The SMILES string of the molecule is Cc1ccc(Cc2cc3cc(-c4ccc([S+](O)N(C)C)cc4)c(Cl)cc3[nH]2)cc1C(=O)O. The average Bonchev–Trinajstić information content (AvgIpc) is 3.14. The van der Waals surface area contributed by atoms with Gasteiger partial charge in [-0.15, -0.1) is 0 Å². The van der Waals surface area contributed by atoms with Crippen LogP contribution in [0.4, 0.5) is 0 Å². The van der Waals surface area contributed by atoms with Crippen molar-refractivity contribution in [2.75, 3.05) is 14.1 Å². The molecule has 0 saturated heterocycles. The second kappa shape index (κ2) is 9.00. The first-order chi connectivity index (χ1) is 15.2. The second-order valence-corrected chi connectivity index (χ2v) is 10.1. The van der Waals surface area contributed by atoms with Crippen LogP contribution in [0.25, 0.3) is 22.0 Å². The predicted octanol–water partition coefficient (Wildman–Crippen LogP) is 6.01. The van der Waals surface area contributed by atoms with Crippen molar-refractivity contribution in [1.29, 1.82) is 0 Å². The minimum Gasteiger partial charge on any atom is -0.478 e. The highest BCUT2D eigenvalue weighted by Crippen LogP contribution is 2.33. The normalized spacial score (nSPS) is 12.4. The van der Waals surface area contributed by atoms with Crippen molar-refractivity contribution in [2.45, 2.75) is 18.2 Å². The molecule has 0 spiro atoms. The van der Waals surface area contributed by atoms with Crippen molar-refractivity contribution in [3.8, 4) is 11.1 Å². The number of H-pyrrole nitrogens is 1. The van der Waals surface area contributed by atoms with Gasteiger partial charge in [-0.2, -0.15) is 4.55 Å². The van der Waals surface area contributed by atoms with Crippen molar-refractivity contribution in [3.63, 3.8) is 0 Å². The molecule has 0 radical (unpaired) electrons. The summed E-state index contributed by atoms with van der Waals surface area (Å²) in [4.78, 5) is 15.7. The number of halogens is 1. The fraction of sp³-hybridized carbons (Fsp3) is 0.160. The summed E-state index contributed by atoms with van der Waals surface area (Å²) < 4.78 is 12.0. The number of nitrogens with zero attached hydrogens (tertiary/aromatic N) is 1. The van der Waals surface area contributed by atoms with Crippen molar-refractivity contribution >= 4 is 39.8 Å². The van der Waals surface area contributed by atoms with Gasteiger partial charge in [0.25, 0.3) is 11.4 Å². The van der Waals surface area contributed by atoms with Crippen molar-refractivity contribution in [1.82, 2.24) is 9.29 Å². The number of carbonyl (C=O) groups is 1. The quantitative estimate of drug-likeness (QED) is 0.303. The molecule has 0 aliphatic heterocycles. The van der Waals surface area contributed by atoms with E-state index in [1.54, 1.807) is 17.3 Å². The maximum absolute atomic E-state index is 11.4. The Hall–Kier alpha value is -2.77. The molecule has 4 rings (SSSR count). The van der Waals surface area contributed by atoms with Gasteiger partial charge in [-0.1, -0.05) is 28.0 Å². The molecule has 0 saturated carbocycles. The summed E-state index contributed by atoms with van der Waals surface area (Å²) in [5.41, 5.74) is 5.82. The van der Waals surface area contributed by atoms with E-state index in [-0.39, 0.29) is 0 Å². The van der Waals surface area contributed by atoms with Gasteiger partial charge in [-0.25, -0.2) is 4.79 Å². The fourth-order valence-corrected chi connectivity index (χ4v) is 4.80. The van der Waals surface area contributed by atoms with Gasteiger partial charge in [0.2, 0.25) is 4.90 Å². The summed E-state index contributed by atoms with van der Waals surface area (Å²) in [7, 11) is 3.68. The smallest absolute Gasteiger partial charge is 0.335 e. The molecule has 0 amide bonds. The van der Waals surface area contributed by atoms with Crippen LogP contribution in [0.1, 0.15) is 27.2 Å². The molecule has 0 bridgehead atoms. The Labute approximate surface area is 195 Å².